The molecule has 1 saturated heterocycles. The van der Waals surface area contributed by atoms with Crippen LogP contribution in [-0.4, -0.2) is 27.9 Å². The van der Waals surface area contributed by atoms with E-state index in [1.54, 1.807) is 12.1 Å². The largest absolute Gasteiger partial charge is 0.326 e. The first kappa shape index (κ1) is 14.9. The van der Waals surface area contributed by atoms with E-state index < -0.39 is 0 Å². The summed E-state index contributed by atoms with van der Waals surface area (Å²) in [6.07, 6.45) is 2.09. The molecule has 0 saturated carbocycles. The second kappa shape index (κ2) is 5.50. The molecule has 5 heteroatoms. The molecule has 5 nitrogen and oxygen atoms in total. The van der Waals surface area contributed by atoms with E-state index in [2.05, 4.69) is 25.7 Å². The third-order valence-corrected chi connectivity index (χ3v) is 3.98. The van der Waals surface area contributed by atoms with E-state index in [-0.39, 0.29) is 28.2 Å². The monoisotopic (exact) mass is 277 g/mol. The average molecular weight is 277 g/mol. The summed E-state index contributed by atoms with van der Waals surface area (Å²) in [5, 5.41) is 10.7. The van der Waals surface area contributed by atoms with Gasteiger partial charge >= 0.3 is 0 Å². The molecular weight excluding hydrogens is 254 g/mol. The fourth-order valence-corrected chi connectivity index (χ4v) is 3.00. The van der Waals surface area contributed by atoms with E-state index in [1.165, 1.54) is 0 Å². The first-order chi connectivity index (χ1) is 9.30. The van der Waals surface area contributed by atoms with Crippen LogP contribution < -0.4 is 5.73 Å². The zero-order valence-corrected chi connectivity index (χ0v) is 12.4. The summed E-state index contributed by atoms with van der Waals surface area (Å²) in [6.45, 7) is 7.56. The molecule has 1 fully saturated rings. The summed E-state index contributed by atoms with van der Waals surface area (Å²) in [5.41, 5.74) is 7.55. The Kier molecular flexibility index (Phi) is 4.11. The number of hydrogen-bond acceptors (Lipinski definition) is 4. The number of benzene rings is 1. The van der Waals surface area contributed by atoms with E-state index in [0.717, 1.165) is 24.9 Å². The third kappa shape index (κ3) is 2.99. The van der Waals surface area contributed by atoms with Gasteiger partial charge in [0, 0.05) is 23.7 Å². The fraction of sp³-hybridized carbons (Fsp3) is 0.600. The molecule has 0 aliphatic carbocycles. The van der Waals surface area contributed by atoms with E-state index in [0.29, 0.717) is 0 Å². The number of nitrogens with zero attached hydrogens (tertiary/aromatic N) is 2. The molecule has 0 aromatic heterocycles. The number of nitro benzene ring substituents is 1. The van der Waals surface area contributed by atoms with Crippen LogP contribution in [0.2, 0.25) is 0 Å². The number of nitrogens with two attached hydrogens (primary N) is 1. The zero-order chi connectivity index (χ0) is 14.9. The number of likely N-dealkylation sites (tertiary alicyclic amines) is 1. The van der Waals surface area contributed by atoms with Crippen LogP contribution in [0.1, 0.15) is 45.2 Å². The van der Waals surface area contributed by atoms with Crippen LogP contribution in [0, 0.1) is 10.1 Å². The first-order valence-corrected chi connectivity index (χ1v) is 7.07. The lowest BCUT2D eigenvalue weighted by Gasteiger charge is -2.47. The van der Waals surface area contributed by atoms with Crippen LogP contribution in [0.3, 0.4) is 0 Å². The molecule has 0 amide bonds. The molecule has 2 atom stereocenters. The molecule has 0 radical (unpaired) electrons. The van der Waals surface area contributed by atoms with Gasteiger partial charge in [0.1, 0.15) is 0 Å². The predicted octanol–water partition coefficient (Wildman–Crippen LogP) is 2.86. The van der Waals surface area contributed by atoms with Gasteiger partial charge in [-0.2, -0.15) is 0 Å². The summed E-state index contributed by atoms with van der Waals surface area (Å²) in [7, 11) is 0. The van der Waals surface area contributed by atoms with Gasteiger partial charge in [0.2, 0.25) is 0 Å². The Balaban J connectivity index is 2.33. The van der Waals surface area contributed by atoms with Gasteiger partial charge in [-0.3, -0.25) is 15.0 Å². The number of non-ortho nitro benzene ring substituents is 1. The minimum Gasteiger partial charge on any atom is -0.326 e. The molecule has 1 aromatic rings. The molecule has 1 aromatic carbocycles. The van der Waals surface area contributed by atoms with Gasteiger partial charge in [0.05, 0.1) is 11.0 Å². The Labute approximate surface area is 119 Å². The SMILES string of the molecule is CC(C)(C)N1CCCC(N)C1c1ccc([N+](=O)[O-])cc1. The molecule has 20 heavy (non-hydrogen) atoms. The number of nitro groups is 1. The summed E-state index contributed by atoms with van der Waals surface area (Å²) < 4.78 is 0. The summed E-state index contributed by atoms with van der Waals surface area (Å²) in [4.78, 5) is 12.8. The topological polar surface area (TPSA) is 72.4 Å². The van der Waals surface area contributed by atoms with Crippen molar-refractivity contribution in [3.05, 3.63) is 39.9 Å². The number of hydrogen-bond donors (Lipinski definition) is 1. The highest BCUT2D eigenvalue weighted by atomic mass is 16.6. The van der Waals surface area contributed by atoms with Crippen molar-refractivity contribution in [3.63, 3.8) is 0 Å². The average Bonchev–Trinajstić information content (AvgIpc) is 2.37. The van der Waals surface area contributed by atoms with Crippen LogP contribution in [0.4, 0.5) is 5.69 Å². The van der Waals surface area contributed by atoms with Gasteiger partial charge in [0.25, 0.3) is 5.69 Å². The van der Waals surface area contributed by atoms with Crippen LogP contribution in [-0.2, 0) is 0 Å². The van der Waals surface area contributed by atoms with Crippen molar-refractivity contribution >= 4 is 5.69 Å². The Bertz CT molecular complexity index is 479. The Hall–Kier alpha value is -1.46. The molecule has 110 valence electrons. The Morgan fingerprint density at radius 1 is 1.30 bits per heavy atom. The van der Waals surface area contributed by atoms with Gasteiger partial charge in [-0.25, -0.2) is 0 Å². The molecule has 1 heterocycles. The second-order valence-electron chi connectivity index (χ2n) is 6.46. The zero-order valence-electron chi connectivity index (χ0n) is 12.4. The standard InChI is InChI=1S/C15H23N3O2/c1-15(2,3)17-10-4-5-13(16)14(17)11-6-8-12(9-7-11)18(19)20/h6-9,13-14H,4-5,10,16H2,1-3H3. The van der Waals surface area contributed by atoms with Gasteiger partial charge < -0.3 is 5.73 Å². The third-order valence-electron chi connectivity index (χ3n) is 3.98. The Morgan fingerprint density at radius 2 is 1.90 bits per heavy atom. The van der Waals surface area contributed by atoms with Gasteiger partial charge in [-0.1, -0.05) is 12.1 Å². The molecule has 1 aliphatic rings. The highest BCUT2D eigenvalue weighted by Gasteiger charge is 2.36. The van der Waals surface area contributed by atoms with Crippen LogP contribution in [0.15, 0.2) is 24.3 Å². The van der Waals surface area contributed by atoms with Gasteiger partial charge in [-0.15, -0.1) is 0 Å². The maximum Gasteiger partial charge on any atom is 0.269 e. The van der Waals surface area contributed by atoms with Crippen molar-refractivity contribution in [1.82, 2.24) is 4.90 Å². The molecule has 2 N–H and O–H groups in total. The maximum atomic E-state index is 10.7. The molecular formula is C15H23N3O2. The van der Waals surface area contributed by atoms with E-state index in [4.69, 9.17) is 5.73 Å². The maximum absolute atomic E-state index is 10.7. The number of piperidine rings is 1. The van der Waals surface area contributed by atoms with E-state index in [1.807, 2.05) is 12.1 Å². The van der Waals surface area contributed by atoms with Crippen LogP contribution >= 0.6 is 0 Å². The lowest BCUT2D eigenvalue weighted by molar-refractivity contribution is -0.384. The number of rotatable bonds is 2. The van der Waals surface area contributed by atoms with Crippen molar-refractivity contribution in [2.24, 2.45) is 5.73 Å². The summed E-state index contributed by atoms with van der Waals surface area (Å²) >= 11 is 0. The van der Waals surface area contributed by atoms with Crippen molar-refractivity contribution in [3.8, 4) is 0 Å². The van der Waals surface area contributed by atoms with Crippen molar-refractivity contribution in [2.45, 2.75) is 51.2 Å². The second-order valence-corrected chi connectivity index (χ2v) is 6.46. The highest BCUT2D eigenvalue weighted by molar-refractivity contribution is 5.35. The van der Waals surface area contributed by atoms with E-state index in [9.17, 15) is 10.1 Å². The molecule has 2 unspecified atom stereocenters. The highest BCUT2D eigenvalue weighted by Crippen LogP contribution is 2.35. The van der Waals surface area contributed by atoms with Gasteiger partial charge in [-0.05, 0) is 45.7 Å². The lowest BCUT2D eigenvalue weighted by Crippen LogP contribution is -2.53. The van der Waals surface area contributed by atoms with Crippen molar-refractivity contribution < 1.29 is 4.92 Å². The minimum atomic E-state index is -0.369. The van der Waals surface area contributed by atoms with E-state index >= 15 is 0 Å². The quantitative estimate of drug-likeness (QED) is 0.666. The van der Waals surface area contributed by atoms with Crippen molar-refractivity contribution in [1.29, 1.82) is 0 Å². The molecule has 2 rings (SSSR count). The fourth-order valence-electron chi connectivity index (χ4n) is 3.00. The molecule has 1 aliphatic heterocycles. The van der Waals surface area contributed by atoms with Crippen LogP contribution in [0.25, 0.3) is 0 Å². The summed E-state index contributed by atoms with van der Waals surface area (Å²) in [5.74, 6) is 0. The lowest BCUT2D eigenvalue weighted by atomic mass is 9.87. The smallest absolute Gasteiger partial charge is 0.269 e. The van der Waals surface area contributed by atoms with Gasteiger partial charge in [0.15, 0.2) is 0 Å². The first-order valence-electron chi connectivity index (χ1n) is 7.07. The molecule has 0 bridgehead atoms. The normalized spacial score (nSPS) is 24.6. The summed E-state index contributed by atoms with van der Waals surface area (Å²) in [6, 6.07) is 7.02. The Morgan fingerprint density at radius 3 is 2.40 bits per heavy atom. The van der Waals surface area contributed by atoms with Crippen molar-refractivity contribution in [2.75, 3.05) is 6.54 Å². The minimum absolute atomic E-state index is 0.0322. The molecule has 0 spiro atoms. The predicted molar refractivity (Wildman–Crippen MR) is 79.5 cm³/mol. The van der Waals surface area contributed by atoms with Crippen LogP contribution in [0.5, 0.6) is 0 Å².